The molecule has 1 N–H and O–H groups in total. The molecule has 2 aliphatic rings. The summed E-state index contributed by atoms with van der Waals surface area (Å²) >= 11 is 6.21. The third kappa shape index (κ3) is 3.74. The van der Waals surface area contributed by atoms with E-state index in [0.717, 1.165) is 48.6 Å². The molecule has 1 atom stereocenters. The Morgan fingerprint density at radius 3 is 2.69 bits per heavy atom. The van der Waals surface area contributed by atoms with Crippen molar-refractivity contribution in [1.82, 2.24) is 19.7 Å². The fraction of sp³-hybridized carbons (Fsp3) is 0.409. The van der Waals surface area contributed by atoms with E-state index in [2.05, 4.69) is 19.7 Å². The number of aliphatic hydroxyl groups excluding tert-OH is 1. The van der Waals surface area contributed by atoms with Crippen molar-refractivity contribution in [1.29, 1.82) is 0 Å². The molecule has 1 aliphatic carbocycles. The van der Waals surface area contributed by atoms with Crippen molar-refractivity contribution in [2.75, 3.05) is 0 Å². The quantitative estimate of drug-likeness (QED) is 0.709. The van der Waals surface area contributed by atoms with Crippen molar-refractivity contribution in [2.24, 2.45) is 0 Å². The molecule has 5 rings (SSSR count). The number of rotatable bonds is 3. The SMILES string of the molecule is O[C@H]1Cc2cc(Cl)ccc2-n2c(nnc2[C@H]2CC[C@H](Oc3ccccn3)CC2)C1. The second-order valence-electron chi connectivity index (χ2n) is 7.90. The summed E-state index contributed by atoms with van der Waals surface area (Å²) in [6.07, 6.45) is 6.42. The summed E-state index contributed by atoms with van der Waals surface area (Å²) in [4.78, 5) is 4.27. The first-order valence-corrected chi connectivity index (χ1v) is 10.5. The van der Waals surface area contributed by atoms with Crippen LogP contribution in [-0.2, 0) is 12.8 Å². The first kappa shape index (κ1) is 18.6. The van der Waals surface area contributed by atoms with E-state index in [-0.39, 0.29) is 6.10 Å². The van der Waals surface area contributed by atoms with Crippen LogP contribution in [0.5, 0.6) is 5.88 Å². The van der Waals surface area contributed by atoms with Gasteiger partial charge in [-0.05, 0) is 55.5 Å². The average Bonchev–Trinajstić information content (AvgIpc) is 3.06. The van der Waals surface area contributed by atoms with Crippen LogP contribution < -0.4 is 4.74 Å². The number of halogens is 1. The Labute approximate surface area is 174 Å². The van der Waals surface area contributed by atoms with Crippen molar-refractivity contribution in [3.63, 3.8) is 0 Å². The molecule has 29 heavy (non-hydrogen) atoms. The number of ether oxygens (including phenoxy) is 1. The molecule has 0 amide bonds. The Bertz CT molecular complexity index is 999. The third-order valence-electron chi connectivity index (χ3n) is 5.88. The van der Waals surface area contributed by atoms with E-state index >= 15 is 0 Å². The van der Waals surface area contributed by atoms with Gasteiger partial charge in [-0.3, -0.25) is 4.57 Å². The molecule has 0 radical (unpaired) electrons. The zero-order valence-corrected chi connectivity index (χ0v) is 16.8. The van der Waals surface area contributed by atoms with Gasteiger partial charge in [0.1, 0.15) is 17.8 Å². The Kier molecular flexibility index (Phi) is 4.97. The molecule has 6 nitrogen and oxygen atoms in total. The van der Waals surface area contributed by atoms with Crippen molar-refractivity contribution >= 4 is 11.6 Å². The van der Waals surface area contributed by atoms with Gasteiger partial charge in [-0.15, -0.1) is 10.2 Å². The van der Waals surface area contributed by atoms with Gasteiger partial charge in [0.15, 0.2) is 0 Å². The normalized spacial score (nSPS) is 23.7. The van der Waals surface area contributed by atoms with Gasteiger partial charge in [0, 0.05) is 36.0 Å². The summed E-state index contributed by atoms with van der Waals surface area (Å²) < 4.78 is 8.18. The molecular formula is C22H23ClN4O2. The number of aromatic nitrogens is 4. The molecule has 7 heteroatoms. The van der Waals surface area contributed by atoms with E-state index in [9.17, 15) is 5.11 Å². The van der Waals surface area contributed by atoms with E-state index < -0.39 is 6.10 Å². The Morgan fingerprint density at radius 1 is 1.03 bits per heavy atom. The lowest BCUT2D eigenvalue weighted by Gasteiger charge is -2.28. The highest BCUT2D eigenvalue weighted by Gasteiger charge is 2.31. The maximum Gasteiger partial charge on any atom is 0.213 e. The molecule has 0 spiro atoms. The number of pyridine rings is 1. The molecule has 1 aromatic carbocycles. The minimum atomic E-state index is -0.479. The smallest absolute Gasteiger partial charge is 0.213 e. The number of benzene rings is 1. The summed E-state index contributed by atoms with van der Waals surface area (Å²) in [6, 6.07) is 11.6. The highest BCUT2D eigenvalue weighted by Crippen LogP contribution is 2.36. The minimum Gasteiger partial charge on any atom is -0.474 e. The number of fused-ring (bicyclic) bond motifs is 3. The Balaban J connectivity index is 1.38. The van der Waals surface area contributed by atoms with Crippen LogP contribution in [0.2, 0.25) is 5.02 Å². The number of nitrogens with zero attached hydrogens (tertiary/aromatic N) is 4. The highest BCUT2D eigenvalue weighted by molar-refractivity contribution is 6.30. The third-order valence-corrected chi connectivity index (χ3v) is 6.11. The molecule has 0 bridgehead atoms. The predicted octanol–water partition coefficient (Wildman–Crippen LogP) is 3.88. The molecular weight excluding hydrogens is 388 g/mol. The monoisotopic (exact) mass is 410 g/mol. The summed E-state index contributed by atoms with van der Waals surface area (Å²) in [5.41, 5.74) is 2.07. The molecule has 150 valence electrons. The summed E-state index contributed by atoms with van der Waals surface area (Å²) in [5, 5.41) is 20.1. The molecule has 1 fully saturated rings. The van der Waals surface area contributed by atoms with Crippen LogP contribution in [0.25, 0.3) is 5.69 Å². The first-order chi connectivity index (χ1) is 14.2. The first-order valence-electron chi connectivity index (χ1n) is 10.2. The van der Waals surface area contributed by atoms with Gasteiger partial charge in [0.2, 0.25) is 5.88 Å². The zero-order chi connectivity index (χ0) is 19.8. The lowest BCUT2D eigenvalue weighted by molar-refractivity contribution is 0.139. The average molecular weight is 411 g/mol. The van der Waals surface area contributed by atoms with Crippen molar-refractivity contribution in [2.45, 2.75) is 56.7 Å². The van der Waals surface area contributed by atoms with Crippen LogP contribution in [0.15, 0.2) is 42.6 Å². The molecule has 0 unspecified atom stereocenters. The Hall–Kier alpha value is -2.44. The van der Waals surface area contributed by atoms with Gasteiger partial charge in [-0.2, -0.15) is 0 Å². The molecule has 3 aromatic rings. The van der Waals surface area contributed by atoms with Gasteiger partial charge in [0.05, 0.1) is 11.8 Å². The maximum absolute atomic E-state index is 10.4. The molecule has 1 saturated carbocycles. The van der Waals surface area contributed by atoms with Gasteiger partial charge in [0.25, 0.3) is 0 Å². The zero-order valence-electron chi connectivity index (χ0n) is 16.0. The number of hydrogen-bond donors (Lipinski definition) is 1. The molecule has 1 aliphatic heterocycles. The van der Waals surface area contributed by atoms with Crippen LogP contribution in [0.4, 0.5) is 0 Å². The van der Waals surface area contributed by atoms with E-state index in [4.69, 9.17) is 16.3 Å². The van der Waals surface area contributed by atoms with E-state index in [1.54, 1.807) is 6.20 Å². The second-order valence-corrected chi connectivity index (χ2v) is 8.34. The lowest BCUT2D eigenvalue weighted by atomic mass is 9.86. The van der Waals surface area contributed by atoms with Gasteiger partial charge >= 0.3 is 0 Å². The van der Waals surface area contributed by atoms with E-state index in [0.29, 0.717) is 29.7 Å². The van der Waals surface area contributed by atoms with Crippen molar-refractivity contribution in [3.05, 3.63) is 64.8 Å². The van der Waals surface area contributed by atoms with Crippen LogP contribution in [0.3, 0.4) is 0 Å². The van der Waals surface area contributed by atoms with Gasteiger partial charge < -0.3 is 9.84 Å². The number of hydrogen-bond acceptors (Lipinski definition) is 5. The fourth-order valence-electron chi connectivity index (χ4n) is 4.49. The summed E-state index contributed by atoms with van der Waals surface area (Å²) in [7, 11) is 0. The molecule has 3 heterocycles. The lowest BCUT2D eigenvalue weighted by Crippen LogP contribution is -2.25. The largest absolute Gasteiger partial charge is 0.474 e. The summed E-state index contributed by atoms with van der Waals surface area (Å²) in [5.74, 6) is 2.81. The van der Waals surface area contributed by atoms with E-state index in [1.807, 2.05) is 36.4 Å². The van der Waals surface area contributed by atoms with Crippen molar-refractivity contribution in [3.8, 4) is 11.6 Å². The highest BCUT2D eigenvalue weighted by atomic mass is 35.5. The fourth-order valence-corrected chi connectivity index (χ4v) is 4.68. The van der Waals surface area contributed by atoms with Crippen molar-refractivity contribution < 1.29 is 9.84 Å². The molecule has 2 aromatic heterocycles. The van der Waals surface area contributed by atoms with Crippen LogP contribution in [0, 0.1) is 0 Å². The predicted molar refractivity (Wildman–Crippen MR) is 110 cm³/mol. The maximum atomic E-state index is 10.4. The second kappa shape index (κ2) is 7.76. The Morgan fingerprint density at radius 2 is 1.90 bits per heavy atom. The van der Waals surface area contributed by atoms with Crippen LogP contribution >= 0.6 is 11.6 Å². The standard InChI is InChI=1S/C22H23ClN4O2/c23-16-6-9-19-15(11-16)12-17(28)13-20-25-26-22(27(19)20)14-4-7-18(8-5-14)29-21-3-1-2-10-24-21/h1-3,6,9-11,14,17-18,28H,4-5,7-8,12-13H2/t14-,17-,18-/m0/s1. The summed E-state index contributed by atoms with van der Waals surface area (Å²) in [6.45, 7) is 0. The van der Waals surface area contributed by atoms with E-state index in [1.165, 1.54) is 0 Å². The molecule has 0 saturated heterocycles. The van der Waals surface area contributed by atoms with Crippen LogP contribution in [0.1, 0.15) is 48.8 Å². The minimum absolute atomic E-state index is 0.181. The van der Waals surface area contributed by atoms with Gasteiger partial charge in [-0.1, -0.05) is 17.7 Å². The van der Waals surface area contributed by atoms with Gasteiger partial charge in [-0.25, -0.2) is 4.98 Å². The topological polar surface area (TPSA) is 73.1 Å². The number of aliphatic hydroxyl groups is 1. The van der Waals surface area contributed by atoms with Crippen LogP contribution in [-0.4, -0.2) is 37.1 Å².